The summed E-state index contributed by atoms with van der Waals surface area (Å²) in [7, 11) is 1.55. The summed E-state index contributed by atoms with van der Waals surface area (Å²) in [6.07, 6.45) is 5.06. The highest BCUT2D eigenvalue weighted by Crippen LogP contribution is 2.13. The second kappa shape index (κ2) is 8.91. The quantitative estimate of drug-likeness (QED) is 0.510. The van der Waals surface area contributed by atoms with Crippen molar-refractivity contribution in [1.29, 1.82) is 0 Å². The number of anilines is 1. The lowest BCUT2D eigenvalue weighted by Crippen LogP contribution is -2.47. The van der Waals surface area contributed by atoms with Crippen molar-refractivity contribution >= 4 is 17.5 Å². The van der Waals surface area contributed by atoms with E-state index in [4.69, 9.17) is 16.3 Å². The van der Waals surface area contributed by atoms with E-state index >= 15 is 0 Å². The molecule has 0 radical (unpaired) electrons. The highest BCUT2D eigenvalue weighted by atomic mass is 35.5. The summed E-state index contributed by atoms with van der Waals surface area (Å²) in [5.74, 6) is 0.976. The van der Waals surface area contributed by atoms with Gasteiger partial charge < -0.3 is 9.64 Å². The molecule has 0 saturated carbocycles. The van der Waals surface area contributed by atoms with Crippen molar-refractivity contribution in [3.05, 3.63) is 34.1 Å². The molecule has 3 rings (SSSR count). The maximum absolute atomic E-state index is 11.4. The van der Waals surface area contributed by atoms with Crippen LogP contribution in [0.4, 0.5) is 5.95 Å². The van der Waals surface area contributed by atoms with Gasteiger partial charge in [-0.15, -0.1) is 0 Å². The van der Waals surface area contributed by atoms with Crippen LogP contribution in [0.25, 0.3) is 0 Å². The van der Waals surface area contributed by atoms with E-state index in [0.29, 0.717) is 17.7 Å². The highest BCUT2D eigenvalue weighted by molar-refractivity contribution is 6.29. The third kappa shape index (κ3) is 5.12. The predicted octanol–water partition coefficient (Wildman–Crippen LogP) is 0.600. The summed E-state index contributed by atoms with van der Waals surface area (Å²) in [4.78, 5) is 28.3. The van der Waals surface area contributed by atoms with Crippen molar-refractivity contribution in [3.8, 4) is 5.88 Å². The van der Waals surface area contributed by atoms with Crippen molar-refractivity contribution in [2.24, 2.45) is 7.05 Å². The van der Waals surface area contributed by atoms with Crippen LogP contribution in [0.2, 0.25) is 5.15 Å². The van der Waals surface area contributed by atoms with Crippen LogP contribution in [0.3, 0.4) is 0 Å². The van der Waals surface area contributed by atoms with Crippen LogP contribution in [0.1, 0.15) is 12.8 Å². The van der Waals surface area contributed by atoms with Gasteiger partial charge in [0.15, 0.2) is 0 Å². The molecule has 1 saturated heterocycles. The summed E-state index contributed by atoms with van der Waals surface area (Å²) in [5.41, 5.74) is -0.413. The molecule has 0 aromatic carbocycles. The first-order chi connectivity index (χ1) is 12.6. The first kappa shape index (κ1) is 18.5. The lowest BCUT2D eigenvalue weighted by Gasteiger charge is -2.34. The minimum absolute atomic E-state index is 0.281. The third-order valence-corrected chi connectivity index (χ3v) is 4.42. The molecule has 1 aliphatic rings. The molecule has 0 amide bonds. The Hall–Kier alpha value is -2.26. The average Bonchev–Trinajstić information content (AvgIpc) is 2.65. The van der Waals surface area contributed by atoms with Gasteiger partial charge in [-0.1, -0.05) is 11.6 Å². The number of ether oxygens (including phenoxy) is 1. The number of hydrogen-bond acceptors (Lipinski definition) is 8. The van der Waals surface area contributed by atoms with Gasteiger partial charge >= 0.3 is 5.69 Å². The molecule has 0 bridgehead atoms. The number of rotatable bonds is 7. The molecule has 140 valence electrons. The van der Waals surface area contributed by atoms with Gasteiger partial charge in [0.05, 0.1) is 6.61 Å². The van der Waals surface area contributed by atoms with E-state index in [1.54, 1.807) is 19.3 Å². The van der Waals surface area contributed by atoms with Crippen LogP contribution in [-0.2, 0) is 7.05 Å². The molecule has 1 aliphatic heterocycles. The zero-order chi connectivity index (χ0) is 18.4. The van der Waals surface area contributed by atoms with Crippen LogP contribution in [0.5, 0.6) is 5.88 Å². The van der Waals surface area contributed by atoms with E-state index in [1.165, 1.54) is 10.9 Å². The van der Waals surface area contributed by atoms with Crippen molar-refractivity contribution in [2.45, 2.75) is 12.8 Å². The lowest BCUT2D eigenvalue weighted by atomic mass is 10.2. The number of nitrogens with zero attached hydrogens (tertiary/aromatic N) is 7. The van der Waals surface area contributed by atoms with Crippen molar-refractivity contribution < 1.29 is 4.74 Å². The Morgan fingerprint density at radius 2 is 2.00 bits per heavy atom. The monoisotopic (exact) mass is 379 g/mol. The van der Waals surface area contributed by atoms with E-state index in [1.807, 2.05) is 0 Å². The topological polar surface area (TPSA) is 89.3 Å². The Bertz CT molecular complexity index is 777. The van der Waals surface area contributed by atoms with Crippen LogP contribution >= 0.6 is 11.6 Å². The smallest absolute Gasteiger partial charge is 0.366 e. The Morgan fingerprint density at radius 1 is 1.19 bits per heavy atom. The van der Waals surface area contributed by atoms with Gasteiger partial charge in [-0.25, -0.2) is 19.4 Å². The summed E-state index contributed by atoms with van der Waals surface area (Å²) in [6, 6.07) is 1.68. The van der Waals surface area contributed by atoms with Gasteiger partial charge in [-0.2, -0.15) is 10.1 Å². The third-order valence-electron chi connectivity index (χ3n) is 4.21. The number of piperazine rings is 1. The van der Waals surface area contributed by atoms with Gasteiger partial charge in [-0.3, -0.25) is 4.90 Å². The number of aryl methyl sites for hydroxylation is 1. The second-order valence-electron chi connectivity index (χ2n) is 6.06. The maximum Gasteiger partial charge on any atom is 0.366 e. The van der Waals surface area contributed by atoms with Crippen molar-refractivity contribution in [3.63, 3.8) is 0 Å². The summed E-state index contributed by atoms with van der Waals surface area (Å²) >= 11 is 5.92. The average molecular weight is 380 g/mol. The predicted molar refractivity (Wildman–Crippen MR) is 97.7 cm³/mol. The van der Waals surface area contributed by atoms with Crippen LogP contribution < -0.4 is 15.3 Å². The molecule has 0 aliphatic carbocycles. The summed E-state index contributed by atoms with van der Waals surface area (Å²) in [6.45, 7) is 5.25. The highest BCUT2D eigenvalue weighted by Gasteiger charge is 2.18. The fourth-order valence-corrected chi connectivity index (χ4v) is 2.85. The molecule has 1 fully saturated rings. The minimum Gasteiger partial charge on any atom is -0.476 e. The lowest BCUT2D eigenvalue weighted by molar-refractivity contribution is 0.235. The Balaban J connectivity index is 1.33. The maximum atomic E-state index is 11.4. The van der Waals surface area contributed by atoms with Crippen LogP contribution in [0.15, 0.2) is 23.3 Å². The van der Waals surface area contributed by atoms with E-state index in [-0.39, 0.29) is 5.88 Å². The molecule has 2 aromatic rings. The standard InChI is InChI=1S/C16H22ClN7O2/c1-22-16(25)21-14(12-19-22)26-11-3-2-6-23-7-9-24(10-8-23)15-18-5-4-13(17)20-15/h4-5,12H,2-3,6-11H2,1H3. The zero-order valence-electron chi connectivity index (χ0n) is 14.7. The molecule has 2 aromatic heterocycles. The minimum atomic E-state index is -0.413. The summed E-state index contributed by atoms with van der Waals surface area (Å²) < 4.78 is 6.64. The molecule has 10 heteroatoms. The Kier molecular flexibility index (Phi) is 6.35. The molecular formula is C16H22ClN7O2. The number of halogens is 1. The molecule has 9 nitrogen and oxygen atoms in total. The van der Waals surface area contributed by atoms with Crippen LogP contribution in [-0.4, -0.2) is 69.0 Å². The molecule has 26 heavy (non-hydrogen) atoms. The molecule has 0 spiro atoms. The molecule has 0 unspecified atom stereocenters. The zero-order valence-corrected chi connectivity index (χ0v) is 15.5. The Morgan fingerprint density at radius 3 is 2.73 bits per heavy atom. The van der Waals surface area contributed by atoms with Crippen LogP contribution in [0, 0.1) is 0 Å². The largest absolute Gasteiger partial charge is 0.476 e. The van der Waals surface area contributed by atoms with Gasteiger partial charge in [0.25, 0.3) is 0 Å². The second-order valence-corrected chi connectivity index (χ2v) is 6.45. The van der Waals surface area contributed by atoms with Gasteiger partial charge in [0.2, 0.25) is 11.8 Å². The number of hydrogen-bond donors (Lipinski definition) is 0. The van der Waals surface area contributed by atoms with E-state index < -0.39 is 5.69 Å². The van der Waals surface area contributed by atoms with Gasteiger partial charge in [-0.05, 0) is 25.5 Å². The molecule has 3 heterocycles. The van der Waals surface area contributed by atoms with Gasteiger partial charge in [0, 0.05) is 39.4 Å². The Labute approximate surface area is 156 Å². The van der Waals surface area contributed by atoms with E-state index in [0.717, 1.165) is 45.6 Å². The van der Waals surface area contributed by atoms with E-state index in [9.17, 15) is 4.79 Å². The SMILES string of the molecule is Cn1ncc(OCCCCN2CCN(c3nccc(Cl)n3)CC2)nc1=O. The summed E-state index contributed by atoms with van der Waals surface area (Å²) in [5, 5.41) is 4.34. The number of aromatic nitrogens is 5. The number of unbranched alkanes of at least 4 members (excludes halogenated alkanes) is 1. The van der Waals surface area contributed by atoms with Crippen molar-refractivity contribution in [1.82, 2.24) is 29.6 Å². The fourth-order valence-electron chi connectivity index (χ4n) is 2.72. The molecular weight excluding hydrogens is 358 g/mol. The normalized spacial score (nSPS) is 15.2. The first-order valence-electron chi connectivity index (χ1n) is 8.61. The van der Waals surface area contributed by atoms with Crippen molar-refractivity contribution in [2.75, 3.05) is 44.2 Å². The molecule has 0 atom stereocenters. The van der Waals surface area contributed by atoms with Gasteiger partial charge in [0.1, 0.15) is 11.3 Å². The fraction of sp³-hybridized carbons (Fsp3) is 0.562. The molecule has 0 N–H and O–H groups in total. The first-order valence-corrected chi connectivity index (χ1v) is 8.98. The van der Waals surface area contributed by atoms with E-state index in [2.05, 4.69) is 29.9 Å².